The summed E-state index contributed by atoms with van der Waals surface area (Å²) in [6.07, 6.45) is 0. The number of thioether (sulfide) groups is 1. The van der Waals surface area contributed by atoms with Gasteiger partial charge in [-0.25, -0.2) is 0 Å². The first-order valence-electron chi connectivity index (χ1n) is 7.09. The molecule has 1 amide bonds. The summed E-state index contributed by atoms with van der Waals surface area (Å²) in [5, 5.41) is 11.7. The van der Waals surface area contributed by atoms with E-state index in [0.29, 0.717) is 17.2 Å². The van der Waals surface area contributed by atoms with Crippen LogP contribution >= 0.6 is 34.4 Å². The van der Waals surface area contributed by atoms with Gasteiger partial charge in [-0.3, -0.25) is 9.59 Å². The van der Waals surface area contributed by atoms with Crippen LogP contribution < -0.4 is 5.32 Å². The molecule has 0 saturated heterocycles. The molecule has 2 heterocycles. The van der Waals surface area contributed by atoms with Crippen LogP contribution in [0.5, 0.6) is 0 Å². The fourth-order valence-corrected chi connectivity index (χ4v) is 4.27. The molecule has 2 aromatic rings. The van der Waals surface area contributed by atoms with Gasteiger partial charge in [0.2, 0.25) is 5.91 Å². The Morgan fingerprint density at radius 2 is 1.96 bits per heavy atom. The number of hydrogen-bond donors (Lipinski definition) is 1. The van der Waals surface area contributed by atoms with Crippen molar-refractivity contribution in [3.63, 3.8) is 0 Å². The second kappa shape index (κ2) is 7.55. The van der Waals surface area contributed by atoms with Crippen molar-refractivity contribution >= 4 is 46.1 Å². The van der Waals surface area contributed by atoms with E-state index in [9.17, 15) is 9.59 Å². The van der Waals surface area contributed by atoms with Crippen molar-refractivity contribution in [3.05, 3.63) is 26.9 Å². The number of thiophene rings is 1. The number of ketones is 1. The average Bonchev–Trinajstić information content (AvgIpc) is 3.10. The average molecular weight is 370 g/mol. The van der Waals surface area contributed by atoms with Gasteiger partial charge in [-0.05, 0) is 19.1 Å². The SMILES string of the molecule is Cc1nnc(SCC(=O)c2ccc(CNC(=O)C(C)(C)C)s2)s1. The third-order valence-electron chi connectivity index (χ3n) is 2.88. The summed E-state index contributed by atoms with van der Waals surface area (Å²) >= 11 is 4.32. The Bertz CT molecular complexity index is 701. The van der Waals surface area contributed by atoms with E-state index in [4.69, 9.17) is 0 Å². The third kappa shape index (κ3) is 5.40. The molecule has 0 fully saturated rings. The van der Waals surface area contributed by atoms with E-state index in [1.54, 1.807) is 0 Å². The number of aryl methyl sites for hydroxylation is 1. The maximum atomic E-state index is 12.2. The van der Waals surface area contributed by atoms with Crippen LogP contribution in [-0.2, 0) is 11.3 Å². The van der Waals surface area contributed by atoms with Crippen molar-refractivity contribution in [1.29, 1.82) is 0 Å². The molecule has 2 rings (SSSR count). The largest absolute Gasteiger partial charge is 0.351 e. The van der Waals surface area contributed by atoms with E-state index in [1.807, 2.05) is 39.8 Å². The minimum absolute atomic E-state index is 0.000900. The Balaban J connectivity index is 1.86. The van der Waals surface area contributed by atoms with Gasteiger partial charge in [0, 0.05) is 10.3 Å². The lowest BCUT2D eigenvalue weighted by molar-refractivity contribution is -0.128. The lowest BCUT2D eigenvalue weighted by Gasteiger charge is -2.17. The van der Waals surface area contributed by atoms with Crippen molar-refractivity contribution in [2.24, 2.45) is 5.41 Å². The van der Waals surface area contributed by atoms with E-state index < -0.39 is 5.41 Å². The molecular weight excluding hydrogens is 350 g/mol. The van der Waals surface area contributed by atoms with E-state index in [2.05, 4.69) is 15.5 Å². The highest BCUT2D eigenvalue weighted by atomic mass is 32.2. The molecule has 0 aromatic carbocycles. The number of nitrogens with zero attached hydrogens (tertiary/aromatic N) is 2. The number of carbonyl (C=O) groups excluding carboxylic acids is 2. The molecule has 2 aromatic heterocycles. The summed E-state index contributed by atoms with van der Waals surface area (Å²) in [5.41, 5.74) is -0.410. The monoisotopic (exact) mass is 369 g/mol. The first kappa shape index (κ1) is 18.1. The predicted molar refractivity (Wildman–Crippen MR) is 95.3 cm³/mol. The molecule has 0 aliphatic rings. The van der Waals surface area contributed by atoms with Crippen molar-refractivity contribution < 1.29 is 9.59 Å². The predicted octanol–water partition coefficient (Wildman–Crippen LogP) is 3.55. The van der Waals surface area contributed by atoms with Gasteiger partial charge in [0.1, 0.15) is 5.01 Å². The Hall–Kier alpha value is -1.25. The molecule has 0 unspecified atom stereocenters. The second-order valence-electron chi connectivity index (χ2n) is 6.00. The number of carbonyl (C=O) groups is 2. The molecule has 0 bridgehead atoms. The van der Waals surface area contributed by atoms with E-state index in [-0.39, 0.29) is 11.7 Å². The highest BCUT2D eigenvalue weighted by Crippen LogP contribution is 2.25. The smallest absolute Gasteiger partial charge is 0.225 e. The lowest BCUT2D eigenvalue weighted by Crippen LogP contribution is -2.34. The number of amides is 1. The standard InChI is InChI=1S/C15H19N3O2S3/c1-9-17-18-14(22-9)21-8-11(19)12-6-5-10(23-12)7-16-13(20)15(2,3)4/h5-6H,7-8H2,1-4H3,(H,16,20). The third-order valence-corrected chi connectivity index (χ3v) is 5.97. The van der Waals surface area contributed by atoms with Crippen LogP contribution in [0.15, 0.2) is 16.5 Å². The van der Waals surface area contributed by atoms with Gasteiger partial charge in [-0.15, -0.1) is 21.5 Å². The number of Topliss-reactive ketones (excluding diaryl/α,β-unsaturated/α-hetero) is 1. The molecule has 0 atom stereocenters. The summed E-state index contributed by atoms with van der Waals surface area (Å²) in [6.45, 7) is 7.96. The van der Waals surface area contributed by atoms with E-state index >= 15 is 0 Å². The Morgan fingerprint density at radius 1 is 1.22 bits per heavy atom. The zero-order valence-electron chi connectivity index (χ0n) is 13.5. The molecule has 0 aliphatic heterocycles. The van der Waals surface area contributed by atoms with Crippen molar-refractivity contribution in [1.82, 2.24) is 15.5 Å². The number of hydrogen-bond acceptors (Lipinski definition) is 7. The highest BCUT2D eigenvalue weighted by molar-refractivity contribution is 8.01. The molecule has 23 heavy (non-hydrogen) atoms. The van der Waals surface area contributed by atoms with E-state index in [0.717, 1.165) is 14.2 Å². The van der Waals surface area contributed by atoms with Crippen molar-refractivity contribution in [3.8, 4) is 0 Å². The molecule has 5 nitrogen and oxygen atoms in total. The van der Waals surface area contributed by atoms with Gasteiger partial charge in [0.25, 0.3) is 0 Å². The first-order chi connectivity index (χ1) is 10.8. The maximum absolute atomic E-state index is 12.2. The summed E-state index contributed by atoms with van der Waals surface area (Å²) in [7, 11) is 0. The van der Waals surface area contributed by atoms with Crippen LogP contribution in [0.1, 0.15) is 40.3 Å². The van der Waals surface area contributed by atoms with E-state index in [1.165, 1.54) is 34.4 Å². The van der Waals surface area contributed by atoms with Crippen LogP contribution in [0.2, 0.25) is 0 Å². The first-order valence-corrected chi connectivity index (χ1v) is 9.70. The summed E-state index contributed by atoms with van der Waals surface area (Å²) in [4.78, 5) is 25.7. The van der Waals surface area contributed by atoms with Crippen LogP contribution in [-0.4, -0.2) is 27.6 Å². The Labute approximate surface area is 147 Å². The van der Waals surface area contributed by atoms with Gasteiger partial charge in [0.15, 0.2) is 10.1 Å². The molecule has 0 radical (unpaired) electrons. The molecule has 124 valence electrons. The minimum Gasteiger partial charge on any atom is -0.351 e. The fraction of sp³-hybridized carbons (Fsp3) is 0.467. The zero-order valence-corrected chi connectivity index (χ0v) is 16.0. The highest BCUT2D eigenvalue weighted by Gasteiger charge is 2.21. The van der Waals surface area contributed by atoms with Crippen LogP contribution in [0.25, 0.3) is 0 Å². The van der Waals surface area contributed by atoms with Gasteiger partial charge in [-0.2, -0.15) is 0 Å². The summed E-state index contributed by atoms with van der Waals surface area (Å²) < 4.78 is 0.810. The normalized spacial score (nSPS) is 11.5. The molecule has 0 spiro atoms. The fourth-order valence-electron chi connectivity index (χ4n) is 1.59. The second-order valence-corrected chi connectivity index (χ2v) is 9.57. The molecule has 0 saturated carbocycles. The van der Waals surface area contributed by atoms with Gasteiger partial charge in [-0.1, -0.05) is 43.9 Å². The Kier molecular flexibility index (Phi) is 5.94. The topological polar surface area (TPSA) is 72.0 Å². The molecule has 0 aliphatic carbocycles. The van der Waals surface area contributed by atoms with Crippen LogP contribution in [0, 0.1) is 12.3 Å². The van der Waals surface area contributed by atoms with Crippen molar-refractivity contribution in [2.45, 2.75) is 38.6 Å². The van der Waals surface area contributed by atoms with Gasteiger partial charge in [0.05, 0.1) is 17.2 Å². The zero-order chi connectivity index (χ0) is 17.0. The summed E-state index contributed by atoms with van der Waals surface area (Å²) in [5.74, 6) is 0.422. The quantitative estimate of drug-likeness (QED) is 0.623. The van der Waals surface area contributed by atoms with Crippen LogP contribution in [0.4, 0.5) is 0 Å². The van der Waals surface area contributed by atoms with Crippen LogP contribution in [0.3, 0.4) is 0 Å². The summed E-state index contributed by atoms with van der Waals surface area (Å²) in [6, 6.07) is 3.71. The lowest BCUT2D eigenvalue weighted by atomic mass is 9.96. The number of aromatic nitrogens is 2. The molecule has 1 N–H and O–H groups in total. The van der Waals surface area contributed by atoms with Crippen molar-refractivity contribution in [2.75, 3.05) is 5.75 Å². The van der Waals surface area contributed by atoms with Gasteiger partial charge >= 0.3 is 0 Å². The van der Waals surface area contributed by atoms with Gasteiger partial charge < -0.3 is 5.32 Å². The number of rotatable bonds is 6. The molecule has 8 heteroatoms. The maximum Gasteiger partial charge on any atom is 0.225 e. The Morgan fingerprint density at radius 3 is 2.57 bits per heavy atom. The minimum atomic E-state index is -0.410. The molecular formula is C15H19N3O2S3. The number of nitrogens with one attached hydrogen (secondary N) is 1.